The number of benzene rings is 5. The highest BCUT2D eigenvalue weighted by atomic mass is 35.5. The van der Waals surface area contributed by atoms with E-state index in [0.717, 1.165) is 21.7 Å². The molecule has 10 heteroatoms. The fourth-order valence-corrected chi connectivity index (χ4v) is 14.2. The van der Waals surface area contributed by atoms with Gasteiger partial charge in [-0.05, 0) is 82.3 Å². The molecule has 55 heavy (non-hydrogen) atoms. The molecule has 2 heterocycles. The first kappa shape index (κ1) is 37.2. The van der Waals surface area contributed by atoms with Crippen LogP contribution in [-0.2, 0) is 18.8 Å². The maximum Gasteiger partial charge on any atom is 0.261 e. The fraction of sp³-hybridized carbons (Fsp3) is 0.289. The maximum atomic E-state index is 14.5. The molecule has 8 rings (SSSR count). The van der Waals surface area contributed by atoms with Crippen molar-refractivity contribution in [3.05, 3.63) is 144 Å². The van der Waals surface area contributed by atoms with E-state index in [4.69, 9.17) is 20.8 Å². The summed E-state index contributed by atoms with van der Waals surface area (Å²) in [6, 6.07) is 42.2. The van der Waals surface area contributed by atoms with E-state index >= 15 is 0 Å². The van der Waals surface area contributed by atoms with Crippen molar-refractivity contribution in [3.8, 4) is 5.75 Å². The van der Waals surface area contributed by atoms with Crippen LogP contribution in [0.5, 0.6) is 5.75 Å². The molecule has 2 aliphatic heterocycles. The van der Waals surface area contributed by atoms with E-state index in [0.29, 0.717) is 16.3 Å². The van der Waals surface area contributed by atoms with Crippen LogP contribution in [-0.4, -0.2) is 42.7 Å². The molecule has 0 radical (unpaired) electrons. The van der Waals surface area contributed by atoms with Crippen molar-refractivity contribution in [2.75, 3.05) is 16.8 Å². The molecule has 1 saturated carbocycles. The summed E-state index contributed by atoms with van der Waals surface area (Å²) in [5, 5.41) is 28.5. The molecule has 1 aliphatic carbocycles. The van der Waals surface area contributed by atoms with Crippen molar-refractivity contribution in [2.24, 2.45) is 23.7 Å². The lowest BCUT2D eigenvalue weighted by molar-refractivity contribution is -0.273. The third kappa shape index (κ3) is 6.47. The summed E-state index contributed by atoms with van der Waals surface area (Å²) in [7, 11) is -3.05. The van der Waals surface area contributed by atoms with Crippen LogP contribution >= 0.6 is 11.6 Å². The highest BCUT2D eigenvalue weighted by Crippen LogP contribution is 2.59. The smallest absolute Gasteiger partial charge is 0.261 e. The number of para-hydroxylation sites is 1. The number of hydrogen-bond acceptors (Lipinski definition) is 7. The number of anilines is 3. The first-order valence-corrected chi connectivity index (χ1v) is 21.1. The number of hydrogen-bond donors (Lipinski definition) is 3. The van der Waals surface area contributed by atoms with Gasteiger partial charge in [-0.3, -0.25) is 14.5 Å². The van der Waals surface area contributed by atoms with Crippen LogP contribution in [0.3, 0.4) is 0 Å². The fourth-order valence-electron chi connectivity index (χ4n) is 9.27. The minimum atomic E-state index is -3.05. The SMILES string of the molecule is CC(C)(C)[Si](OC[C@H]1C[C@@H]2C(=O)N(c3ccc(Nc4ccccc4)cc3)C(=O)[C@@H]2[C@@H]2C[C@@H](c3ccc(O)cc3Cl)O[C@]12O)(c1ccccc1)c1ccccc1. The molecule has 0 spiro atoms. The van der Waals surface area contributed by atoms with Gasteiger partial charge < -0.3 is 24.7 Å². The molecule has 0 bridgehead atoms. The first-order chi connectivity index (χ1) is 26.4. The Labute approximate surface area is 327 Å². The van der Waals surface area contributed by atoms with Gasteiger partial charge in [-0.15, -0.1) is 0 Å². The molecule has 282 valence electrons. The Morgan fingerprint density at radius 2 is 1.40 bits per heavy atom. The van der Waals surface area contributed by atoms with E-state index in [1.165, 1.54) is 17.0 Å². The third-order valence-electron chi connectivity index (χ3n) is 11.8. The zero-order valence-corrected chi connectivity index (χ0v) is 32.8. The maximum absolute atomic E-state index is 14.5. The topological polar surface area (TPSA) is 108 Å². The number of halogens is 1. The van der Waals surface area contributed by atoms with Crippen molar-refractivity contribution in [1.29, 1.82) is 0 Å². The van der Waals surface area contributed by atoms with Crippen LogP contribution in [0.15, 0.2) is 133 Å². The first-order valence-electron chi connectivity index (χ1n) is 18.8. The highest BCUT2D eigenvalue weighted by Gasteiger charge is 2.67. The van der Waals surface area contributed by atoms with E-state index < -0.39 is 43.9 Å². The lowest BCUT2D eigenvalue weighted by Crippen LogP contribution is -2.67. The number of fused-ring (bicyclic) bond motifs is 3. The van der Waals surface area contributed by atoms with Crippen LogP contribution in [0.25, 0.3) is 0 Å². The van der Waals surface area contributed by atoms with Gasteiger partial charge in [0, 0.05) is 29.8 Å². The normalized spacial score (nSPS) is 25.1. The van der Waals surface area contributed by atoms with E-state index in [-0.39, 0.29) is 42.1 Å². The van der Waals surface area contributed by atoms with Gasteiger partial charge in [0.2, 0.25) is 11.8 Å². The molecular weight excluding hydrogens is 728 g/mol. The predicted molar refractivity (Wildman–Crippen MR) is 217 cm³/mol. The van der Waals surface area contributed by atoms with Gasteiger partial charge >= 0.3 is 0 Å². The number of nitrogens with one attached hydrogen (secondary N) is 1. The molecule has 3 aliphatic rings. The van der Waals surface area contributed by atoms with Crippen LogP contribution in [0.2, 0.25) is 10.1 Å². The summed E-state index contributed by atoms with van der Waals surface area (Å²) in [6.45, 7) is 6.68. The predicted octanol–water partition coefficient (Wildman–Crippen LogP) is 7.96. The molecule has 2 saturated heterocycles. The zero-order valence-electron chi connectivity index (χ0n) is 31.1. The van der Waals surface area contributed by atoms with Crippen LogP contribution in [0.1, 0.15) is 45.3 Å². The molecule has 5 aromatic carbocycles. The molecule has 3 fully saturated rings. The number of rotatable bonds is 9. The molecule has 3 N–H and O–H groups in total. The third-order valence-corrected chi connectivity index (χ3v) is 17.1. The van der Waals surface area contributed by atoms with Crippen molar-refractivity contribution in [3.63, 3.8) is 0 Å². The highest BCUT2D eigenvalue weighted by molar-refractivity contribution is 6.99. The van der Waals surface area contributed by atoms with E-state index in [9.17, 15) is 19.8 Å². The van der Waals surface area contributed by atoms with Gasteiger partial charge in [-0.2, -0.15) is 0 Å². The summed E-state index contributed by atoms with van der Waals surface area (Å²) in [5.74, 6) is -5.33. The van der Waals surface area contributed by atoms with Gasteiger partial charge in [-0.25, -0.2) is 0 Å². The van der Waals surface area contributed by atoms with E-state index in [1.807, 2.05) is 78.9 Å². The average molecular weight is 773 g/mol. The van der Waals surface area contributed by atoms with Gasteiger partial charge in [0.1, 0.15) is 5.75 Å². The standard InChI is InChI=1S/C45H45ClN2O6Si/c1-44(2,3)55(34-15-9-5-10-16-34,35-17-11-6-12-18-35)53-28-29-25-37-41(38-27-40(54-45(29,38)52)36-24-23-33(49)26-39(36)46)43(51)48(42(37)50)32-21-19-31(20-22-32)47-30-13-7-4-8-14-30/h4-24,26,29,37-38,40-41,47,49,52H,25,27-28H2,1-3H3/t29-,37+,38+,40+,41+,45-/m1/s1. The number of phenolic OH excluding ortho intramolecular Hbond substituents is 1. The minimum Gasteiger partial charge on any atom is -0.508 e. The minimum absolute atomic E-state index is 0.0108. The summed E-state index contributed by atoms with van der Waals surface area (Å²) >= 11 is 6.65. The lowest BCUT2D eigenvalue weighted by atomic mass is 9.64. The Balaban J connectivity index is 1.16. The summed E-state index contributed by atoms with van der Waals surface area (Å²) in [6.07, 6.45) is -0.233. The Kier molecular flexibility index (Phi) is 9.72. The van der Waals surface area contributed by atoms with Crippen LogP contribution < -0.4 is 20.6 Å². The lowest BCUT2D eigenvalue weighted by Gasteiger charge is -2.48. The number of carbonyl (C=O) groups is 2. The Hall–Kier alpha value is -4.77. The number of phenols is 1. The number of carbonyl (C=O) groups excluding carboxylic acids is 2. The van der Waals surface area contributed by atoms with Gasteiger partial charge in [0.25, 0.3) is 8.32 Å². The molecular formula is C45H45ClN2O6Si. The number of amides is 2. The summed E-state index contributed by atoms with van der Waals surface area (Å²) in [5.41, 5.74) is 2.81. The second-order valence-corrected chi connectivity index (χ2v) is 20.7. The second kappa shape index (κ2) is 14.4. The van der Waals surface area contributed by atoms with Gasteiger partial charge in [0.15, 0.2) is 5.79 Å². The molecule has 6 atom stereocenters. The van der Waals surface area contributed by atoms with Crippen LogP contribution in [0.4, 0.5) is 17.1 Å². The number of imide groups is 1. The molecule has 0 unspecified atom stereocenters. The average Bonchev–Trinajstić information content (AvgIpc) is 3.65. The summed E-state index contributed by atoms with van der Waals surface area (Å²) in [4.78, 5) is 30.3. The monoisotopic (exact) mass is 772 g/mol. The number of ether oxygens (including phenoxy) is 1. The quantitative estimate of drug-likeness (QED) is 0.103. The molecule has 8 nitrogen and oxygen atoms in total. The molecule has 5 aromatic rings. The van der Waals surface area contributed by atoms with Crippen molar-refractivity contribution in [2.45, 2.75) is 50.5 Å². The molecule has 2 amide bonds. The van der Waals surface area contributed by atoms with Crippen molar-refractivity contribution in [1.82, 2.24) is 0 Å². The molecule has 0 aromatic heterocycles. The zero-order chi connectivity index (χ0) is 38.5. The number of aliphatic hydroxyl groups is 1. The summed E-state index contributed by atoms with van der Waals surface area (Å²) < 4.78 is 14.0. The van der Waals surface area contributed by atoms with Crippen molar-refractivity contribution >= 4 is 59.2 Å². The van der Waals surface area contributed by atoms with E-state index in [1.54, 1.807) is 18.2 Å². The Bertz CT molecular complexity index is 2140. The number of aromatic hydroxyl groups is 1. The Morgan fingerprint density at radius 3 is 1.98 bits per heavy atom. The van der Waals surface area contributed by atoms with Crippen molar-refractivity contribution < 1.29 is 29.0 Å². The van der Waals surface area contributed by atoms with Gasteiger partial charge in [-0.1, -0.05) is 117 Å². The number of nitrogens with zero attached hydrogens (tertiary/aromatic N) is 1. The van der Waals surface area contributed by atoms with E-state index in [2.05, 4.69) is 50.4 Å². The largest absolute Gasteiger partial charge is 0.508 e. The van der Waals surface area contributed by atoms with Crippen LogP contribution in [0, 0.1) is 23.7 Å². The second-order valence-electron chi connectivity index (χ2n) is 16.0. The van der Waals surface area contributed by atoms with Gasteiger partial charge in [0.05, 0.1) is 28.6 Å². The Morgan fingerprint density at radius 1 is 0.818 bits per heavy atom.